The molecule has 1 heteroatoms. The van der Waals surface area contributed by atoms with Gasteiger partial charge in [-0.05, 0) is 5.39 Å². The van der Waals surface area contributed by atoms with Crippen molar-refractivity contribution in [3.8, 4) is 0 Å². The highest BCUT2D eigenvalue weighted by Gasteiger charge is 2.04. The molecule has 1 atom stereocenters. The third-order valence-corrected chi connectivity index (χ3v) is 3.91. The van der Waals surface area contributed by atoms with E-state index in [2.05, 4.69) is 79.6 Å². The molecule has 3 rings (SSSR count). The minimum Gasteiger partial charge on any atom is -0.208 e. The quantitative estimate of drug-likeness (QED) is 0.595. The van der Waals surface area contributed by atoms with Crippen LogP contribution in [0.25, 0.3) is 10.8 Å². The SMILES string of the molecule is C[BH-](c1ccccc1)c1cccc2ccccc12. The second kappa shape index (κ2) is 4.69. The van der Waals surface area contributed by atoms with Gasteiger partial charge in [-0.2, -0.15) is 6.82 Å². The lowest BCUT2D eigenvalue weighted by atomic mass is 9.42. The van der Waals surface area contributed by atoms with Crippen LogP contribution < -0.4 is 10.9 Å². The molecule has 0 heterocycles. The summed E-state index contributed by atoms with van der Waals surface area (Å²) >= 11 is 0. The molecular weight excluding hydrogens is 215 g/mol. The van der Waals surface area contributed by atoms with Crippen molar-refractivity contribution < 1.29 is 0 Å². The van der Waals surface area contributed by atoms with Gasteiger partial charge < -0.3 is 0 Å². The Morgan fingerprint density at radius 2 is 1.33 bits per heavy atom. The minimum atomic E-state index is -0.470. The average Bonchev–Trinajstić information content (AvgIpc) is 2.47. The Labute approximate surface area is 108 Å². The summed E-state index contributed by atoms with van der Waals surface area (Å²) < 4.78 is 0. The van der Waals surface area contributed by atoms with Crippen LogP contribution in [0, 0.1) is 0 Å². The monoisotopic (exact) mass is 231 g/mol. The molecule has 0 saturated carbocycles. The molecule has 0 N–H and O–H groups in total. The van der Waals surface area contributed by atoms with E-state index in [1.807, 2.05) is 0 Å². The molecule has 0 aliphatic rings. The fourth-order valence-electron chi connectivity index (χ4n) is 2.81. The van der Waals surface area contributed by atoms with Gasteiger partial charge in [0.1, 0.15) is 0 Å². The van der Waals surface area contributed by atoms with Gasteiger partial charge in [0.25, 0.3) is 0 Å². The van der Waals surface area contributed by atoms with Crippen LogP contribution in [-0.4, -0.2) is 6.71 Å². The van der Waals surface area contributed by atoms with E-state index in [0.717, 1.165) is 0 Å². The summed E-state index contributed by atoms with van der Waals surface area (Å²) in [4.78, 5) is 0. The number of hydrogen-bond donors (Lipinski definition) is 0. The van der Waals surface area contributed by atoms with E-state index in [4.69, 9.17) is 0 Å². The summed E-state index contributed by atoms with van der Waals surface area (Å²) in [5.74, 6) is 0. The molecule has 0 spiro atoms. The molecule has 0 aliphatic heterocycles. The molecule has 0 fully saturated rings. The van der Waals surface area contributed by atoms with Crippen molar-refractivity contribution >= 4 is 28.4 Å². The molecule has 0 nitrogen and oxygen atoms in total. The Kier molecular flexibility index (Phi) is 2.89. The third-order valence-electron chi connectivity index (χ3n) is 3.91. The number of rotatable bonds is 2. The highest BCUT2D eigenvalue weighted by molar-refractivity contribution is 6.85. The van der Waals surface area contributed by atoms with E-state index >= 15 is 0 Å². The van der Waals surface area contributed by atoms with E-state index in [0.29, 0.717) is 0 Å². The fraction of sp³-hybridized carbons (Fsp3) is 0.0588. The Hall–Kier alpha value is -2.02. The van der Waals surface area contributed by atoms with Crippen molar-refractivity contribution in [3.05, 3.63) is 72.8 Å². The summed E-state index contributed by atoms with van der Waals surface area (Å²) in [5, 5.41) is 2.73. The molecule has 3 aromatic carbocycles. The lowest BCUT2D eigenvalue weighted by molar-refractivity contribution is 1.74. The zero-order chi connectivity index (χ0) is 12.4. The second-order valence-corrected chi connectivity index (χ2v) is 5.01. The van der Waals surface area contributed by atoms with Crippen molar-refractivity contribution in [1.82, 2.24) is 0 Å². The summed E-state index contributed by atoms with van der Waals surface area (Å²) in [6, 6.07) is 26.1. The molecule has 0 aromatic heterocycles. The van der Waals surface area contributed by atoms with Gasteiger partial charge in [-0.1, -0.05) is 78.2 Å². The van der Waals surface area contributed by atoms with Crippen LogP contribution >= 0.6 is 0 Å². The van der Waals surface area contributed by atoms with E-state index in [9.17, 15) is 0 Å². The first-order valence-corrected chi connectivity index (χ1v) is 6.65. The van der Waals surface area contributed by atoms with Gasteiger partial charge in [0.15, 0.2) is 0 Å². The predicted octanol–water partition coefficient (Wildman–Crippen LogP) is 2.81. The van der Waals surface area contributed by atoms with Gasteiger partial charge in [0.05, 0.1) is 0 Å². The highest BCUT2D eigenvalue weighted by Crippen LogP contribution is 2.11. The Morgan fingerprint density at radius 1 is 0.667 bits per heavy atom. The van der Waals surface area contributed by atoms with Crippen molar-refractivity contribution in [3.63, 3.8) is 0 Å². The fourth-order valence-corrected chi connectivity index (χ4v) is 2.81. The van der Waals surface area contributed by atoms with Gasteiger partial charge in [0, 0.05) is 6.71 Å². The molecule has 0 aliphatic carbocycles. The number of fused-ring (bicyclic) bond motifs is 1. The smallest absolute Gasteiger partial charge is 0.0374 e. The van der Waals surface area contributed by atoms with Gasteiger partial charge in [0.2, 0.25) is 0 Å². The van der Waals surface area contributed by atoms with E-state index in [1.165, 1.54) is 21.7 Å². The first-order valence-electron chi connectivity index (χ1n) is 6.65. The van der Waals surface area contributed by atoms with Crippen LogP contribution in [0.4, 0.5) is 0 Å². The lowest BCUT2D eigenvalue weighted by Gasteiger charge is -2.21. The maximum atomic E-state index is 2.36. The zero-order valence-electron chi connectivity index (χ0n) is 10.6. The standard InChI is InChI=1S/C17H16B/c1-18(15-10-3-2-4-11-15)17-13-7-9-14-8-5-6-12-16(14)17/h2-13,18H,1H3/q-1. The van der Waals surface area contributed by atoms with Crippen LogP contribution in [0.2, 0.25) is 6.82 Å². The van der Waals surface area contributed by atoms with Crippen LogP contribution in [0.15, 0.2) is 72.8 Å². The molecule has 0 radical (unpaired) electrons. The molecular formula is C17H16B-. The Balaban J connectivity index is 2.15. The maximum Gasteiger partial charge on any atom is 0.0374 e. The van der Waals surface area contributed by atoms with Crippen molar-refractivity contribution in [2.24, 2.45) is 0 Å². The molecule has 1 unspecified atom stereocenters. The predicted molar refractivity (Wildman–Crippen MR) is 82.7 cm³/mol. The van der Waals surface area contributed by atoms with Crippen LogP contribution in [0.1, 0.15) is 0 Å². The molecule has 0 saturated heterocycles. The molecule has 18 heavy (non-hydrogen) atoms. The van der Waals surface area contributed by atoms with Crippen molar-refractivity contribution in [2.45, 2.75) is 6.82 Å². The summed E-state index contributed by atoms with van der Waals surface area (Å²) in [7, 11) is 0. The van der Waals surface area contributed by atoms with Crippen molar-refractivity contribution in [2.75, 3.05) is 0 Å². The van der Waals surface area contributed by atoms with E-state index < -0.39 is 6.71 Å². The van der Waals surface area contributed by atoms with Gasteiger partial charge >= 0.3 is 0 Å². The van der Waals surface area contributed by atoms with E-state index in [-0.39, 0.29) is 0 Å². The normalized spacial score (nSPS) is 12.5. The van der Waals surface area contributed by atoms with Gasteiger partial charge in [-0.3, -0.25) is 0 Å². The average molecular weight is 231 g/mol. The first-order chi connectivity index (χ1) is 8.86. The summed E-state index contributed by atoms with van der Waals surface area (Å²) in [5.41, 5.74) is 2.94. The molecule has 0 amide bonds. The summed E-state index contributed by atoms with van der Waals surface area (Å²) in [6.45, 7) is 1.89. The zero-order valence-corrected chi connectivity index (χ0v) is 10.6. The lowest BCUT2D eigenvalue weighted by Crippen LogP contribution is -2.39. The van der Waals surface area contributed by atoms with Gasteiger partial charge in [-0.15, -0.1) is 0 Å². The molecule has 3 aromatic rings. The molecule has 88 valence electrons. The van der Waals surface area contributed by atoms with E-state index in [1.54, 1.807) is 0 Å². The topological polar surface area (TPSA) is 0 Å². The Morgan fingerprint density at radius 3 is 2.17 bits per heavy atom. The Bertz CT molecular complexity index is 653. The second-order valence-electron chi connectivity index (χ2n) is 5.01. The largest absolute Gasteiger partial charge is 0.208 e. The van der Waals surface area contributed by atoms with Crippen LogP contribution in [0.5, 0.6) is 0 Å². The number of hydrogen-bond acceptors (Lipinski definition) is 0. The maximum absolute atomic E-state index is 2.36. The molecule has 0 bridgehead atoms. The number of benzene rings is 3. The van der Waals surface area contributed by atoms with Crippen LogP contribution in [0.3, 0.4) is 0 Å². The summed E-state index contributed by atoms with van der Waals surface area (Å²) in [6.07, 6.45) is 0. The first kappa shape index (κ1) is 11.1. The van der Waals surface area contributed by atoms with Gasteiger partial charge in [-0.25, -0.2) is 10.9 Å². The third kappa shape index (κ3) is 1.93. The minimum absolute atomic E-state index is 0.470. The van der Waals surface area contributed by atoms with Crippen LogP contribution in [-0.2, 0) is 0 Å². The highest BCUT2D eigenvalue weighted by atomic mass is 14.0. The van der Waals surface area contributed by atoms with Crippen molar-refractivity contribution in [1.29, 1.82) is 0 Å².